The summed E-state index contributed by atoms with van der Waals surface area (Å²) in [5, 5.41) is 5.95. The summed E-state index contributed by atoms with van der Waals surface area (Å²) < 4.78 is 0. The quantitative estimate of drug-likeness (QED) is 0.261. The van der Waals surface area contributed by atoms with Crippen LogP contribution in [0.4, 0.5) is 0 Å². The lowest BCUT2D eigenvalue weighted by atomic mass is 10.1. The summed E-state index contributed by atoms with van der Waals surface area (Å²) in [6.07, 6.45) is 5.91. The van der Waals surface area contributed by atoms with Crippen molar-refractivity contribution in [1.82, 2.24) is 0 Å². The number of hydrogen-bond acceptors (Lipinski definition) is 0. The highest BCUT2D eigenvalue weighted by atomic mass is 28.3. The van der Waals surface area contributed by atoms with Gasteiger partial charge in [0.15, 0.2) is 8.07 Å². The zero-order valence-electron chi connectivity index (χ0n) is 19.7. The van der Waals surface area contributed by atoms with E-state index in [-0.39, 0.29) is 0 Å². The van der Waals surface area contributed by atoms with Gasteiger partial charge in [0, 0.05) is 0 Å². The van der Waals surface area contributed by atoms with E-state index >= 15 is 0 Å². The van der Waals surface area contributed by atoms with Gasteiger partial charge >= 0.3 is 0 Å². The third-order valence-corrected chi connectivity index (χ3v) is 11.7. The monoisotopic (exact) mass is 442 g/mol. The predicted molar refractivity (Wildman–Crippen MR) is 145 cm³/mol. The van der Waals surface area contributed by atoms with E-state index in [9.17, 15) is 0 Å². The topological polar surface area (TPSA) is 0 Å². The Morgan fingerprint density at radius 3 is 1.48 bits per heavy atom. The van der Waals surface area contributed by atoms with Crippen LogP contribution in [0.15, 0.2) is 120 Å². The van der Waals surface area contributed by atoms with Gasteiger partial charge in [-0.1, -0.05) is 137 Å². The van der Waals surface area contributed by atoms with Crippen molar-refractivity contribution >= 4 is 29.2 Å². The van der Waals surface area contributed by atoms with E-state index in [2.05, 4.69) is 136 Å². The first-order valence-electron chi connectivity index (χ1n) is 11.8. The molecule has 5 rings (SSSR count). The van der Waals surface area contributed by atoms with Crippen LogP contribution >= 0.6 is 0 Å². The van der Waals surface area contributed by atoms with Gasteiger partial charge in [-0.3, -0.25) is 0 Å². The molecular formula is C32H30Si. The lowest BCUT2D eigenvalue weighted by molar-refractivity contribution is 1.37. The van der Waals surface area contributed by atoms with Crippen LogP contribution in [-0.2, 0) is 0 Å². The van der Waals surface area contributed by atoms with E-state index in [1.165, 1.54) is 43.4 Å². The molecule has 0 aromatic heterocycles. The average molecular weight is 443 g/mol. The van der Waals surface area contributed by atoms with Crippen molar-refractivity contribution in [3.63, 3.8) is 0 Å². The van der Waals surface area contributed by atoms with Gasteiger partial charge in [-0.25, -0.2) is 0 Å². The Bertz CT molecular complexity index is 1250. The molecule has 1 aliphatic carbocycles. The van der Waals surface area contributed by atoms with Crippen molar-refractivity contribution in [2.45, 2.75) is 27.2 Å². The summed E-state index contributed by atoms with van der Waals surface area (Å²) in [5.74, 6) is 0. The van der Waals surface area contributed by atoms with E-state index in [1.807, 2.05) is 0 Å². The van der Waals surface area contributed by atoms with Crippen LogP contribution in [0, 0.1) is 20.8 Å². The van der Waals surface area contributed by atoms with Gasteiger partial charge in [-0.2, -0.15) is 0 Å². The van der Waals surface area contributed by atoms with Crippen LogP contribution in [0.5, 0.6) is 0 Å². The average Bonchev–Trinajstić information content (AvgIpc) is 3.31. The number of aryl methyl sites for hydroxylation is 3. The normalized spacial score (nSPS) is 13.5. The van der Waals surface area contributed by atoms with Gasteiger partial charge in [-0.05, 0) is 53.9 Å². The van der Waals surface area contributed by atoms with Crippen LogP contribution in [0.3, 0.4) is 0 Å². The van der Waals surface area contributed by atoms with Crippen LogP contribution < -0.4 is 15.6 Å². The van der Waals surface area contributed by atoms with Gasteiger partial charge in [0.05, 0.1) is 0 Å². The minimum Gasteiger partial charge on any atom is -0.0730 e. The highest BCUT2D eigenvalue weighted by Crippen LogP contribution is 2.32. The van der Waals surface area contributed by atoms with Gasteiger partial charge in [0.2, 0.25) is 0 Å². The number of allylic oxidation sites excluding steroid dienone is 4. The molecule has 0 aliphatic heterocycles. The van der Waals surface area contributed by atoms with Crippen molar-refractivity contribution < 1.29 is 0 Å². The number of benzene rings is 4. The Kier molecular flexibility index (Phi) is 5.74. The fourth-order valence-electron chi connectivity index (χ4n) is 5.31. The Morgan fingerprint density at radius 1 is 0.545 bits per heavy atom. The molecule has 1 heteroatoms. The first kappa shape index (κ1) is 21.4. The molecule has 33 heavy (non-hydrogen) atoms. The summed E-state index contributed by atoms with van der Waals surface area (Å²) in [7, 11) is -2.45. The van der Waals surface area contributed by atoms with Gasteiger partial charge < -0.3 is 0 Å². The van der Waals surface area contributed by atoms with Crippen molar-refractivity contribution in [3.05, 3.63) is 143 Å². The third kappa shape index (κ3) is 3.94. The van der Waals surface area contributed by atoms with Crippen LogP contribution in [0.2, 0.25) is 0 Å². The predicted octanol–water partition coefficient (Wildman–Crippen LogP) is 6.03. The Labute approximate surface area is 199 Å². The van der Waals surface area contributed by atoms with E-state index in [4.69, 9.17) is 0 Å². The molecule has 0 fully saturated rings. The summed E-state index contributed by atoms with van der Waals surface area (Å²) in [5.41, 5.74) is 6.60. The molecule has 4 aromatic carbocycles. The standard InChI is InChI=1S/C32H30Si/c1-24-10-7-15-29(20-24)33(30-16-8-11-25(2)21-30,31-17-9-12-26(3)22-31)32-19-18-28(23-32)27-13-5-4-6-14-27/h4-18,20-23H,19H2,1-3H3. The molecule has 0 unspecified atom stereocenters. The van der Waals surface area contributed by atoms with Gasteiger partial charge in [0.1, 0.15) is 0 Å². The molecule has 0 atom stereocenters. The summed E-state index contributed by atoms with van der Waals surface area (Å²) in [6, 6.07) is 38.5. The zero-order valence-corrected chi connectivity index (χ0v) is 20.7. The fourth-order valence-corrected chi connectivity index (χ4v) is 10.6. The highest BCUT2D eigenvalue weighted by Gasteiger charge is 2.43. The molecule has 0 saturated heterocycles. The second kappa shape index (κ2) is 8.84. The molecule has 1 aliphatic rings. The first-order valence-corrected chi connectivity index (χ1v) is 13.8. The summed E-state index contributed by atoms with van der Waals surface area (Å²) in [4.78, 5) is 0. The van der Waals surface area contributed by atoms with Crippen molar-refractivity contribution in [2.24, 2.45) is 0 Å². The maximum absolute atomic E-state index is 2.49. The Hall–Kier alpha value is -3.42. The summed E-state index contributed by atoms with van der Waals surface area (Å²) in [6.45, 7) is 6.64. The van der Waals surface area contributed by atoms with E-state index in [0.29, 0.717) is 0 Å². The van der Waals surface area contributed by atoms with Crippen LogP contribution in [0.25, 0.3) is 5.57 Å². The SMILES string of the molecule is Cc1cccc([Si](C2=CC(c3ccccc3)=CC2)(c2cccc(C)c2)c2cccc(C)c2)c1. The lowest BCUT2D eigenvalue weighted by Crippen LogP contribution is -2.68. The number of rotatable bonds is 5. The molecule has 0 spiro atoms. The molecule has 4 aromatic rings. The van der Waals surface area contributed by atoms with E-state index < -0.39 is 8.07 Å². The minimum absolute atomic E-state index is 0.992. The van der Waals surface area contributed by atoms with Crippen molar-refractivity contribution in [1.29, 1.82) is 0 Å². The third-order valence-electron chi connectivity index (χ3n) is 6.81. The summed E-state index contributed by atoms with van der Waals surface area (Å²) >= 11 is 0. The molecule has 0 N–H and O–H groups in total. The largest absolute Gasteiger partial charge is 0.175 e. The smallest absolute Gasteiger partial charge is 0.0730 e. The van der Waals surface area contributed by atoms with Crippen LogP contribution in [-0.4, -0.2) is 8.07 Å². The number of hydrogen-bond donors (Lipinski definition) is 0. The molecule has 0 radical (unpaired) electrons. The zero-order chi connectivity index (χ0) is 22.8. The Morgan fingerprint density at radius 2 is 1.03 bits per heavy atom. The highest BCUT2D eigenvalue weighted by molar-refractivity contribution is 7.16. The Balaban J connectivity index is 1.83. The van der Waals surface area contributed by atoms with Gasteiger partial charge in [0.25, 0.3) is 0 Å². The first-order chi connectivity index (χ1) is 16.1. The maximum Gasteiger partial charge on any atom is 0.175 e. The lowest BCUT2D eigenvalue weighted by Gasteiger charge is -2.36. The second-order valence-electron chi connectivity index (χ2n) is 9.26. The second-order valence-corrected chi connectivity index (χ2v) is 13.1. The molecule has 0 bridgehead atoms. The van der Waals surface area contributed by atoms with Crippen LogP contribution in [0.1, 0.15) is 28.7 Å². The fraction of sp³-hybridized carbons (Fsp3) is 0.125. The molecule has 0 nitrogen and oxygen atoms in total. The minimum atomic E-state index is -2.45. The maximum atomic E-state index is 2.49. The van der Waals surface area contributed by atoms with E-state index in [0.717, 1.165) is 6.42 Å². The molecule has 0 heterocycles. The molecule has 162 valence electrons. The molecular weight excluding hydrogens is 412 g/mol. The molecule has 0 saturated carbocycles. The van der Waals surface area contributed by atoms with E-state index in [1.54, 1.807) is 5.20 Å². The molecule has 0 amide bonds. The van der Waals surface area contributed by atoms with Crippen molar-refractivity contribution in [2.75, 3.05) is 0 Å². The van der Waals surface area contributed by atoms with Gasteiger partial charge in [-0.15, -0.1) is 0 Å². The van der Waals surface area contributed by atoms with Crippen molar-refractivity contribution in [3.8, 4) is 0 Å².